The van der Waals surface area contributed by atoms with Crippen LogP contribution in [0.3, 0.4) is 0 Å². The summed E-state index contributed by atoms with van der Waals surface area (Å²) in [7, 11) is 0. The van der Waals surface area contributed by atoms with Crippen molar-refractivity contribution in [3.63, 3.8) is 0 Å². The zero-order valence-corrected chi connectivity index (χ0v) is 11.0. The number of hydrogen-bond donors (Lipinski definition) is 1. The molecular weight excluding hydrogens is 248 g/mol. The molecule has 0 radical (unpaired) electrons. The van der Waals surface area contributed by atoms with Crippen LogP contribution < -0.4 is 5.56 Å². The molecule has 94 valence electrons. The van der Waals surface area contributed by atoms with E-state index in [1.807, 2.05) is 31.2 Å². The van der Waals surface area contributed by atoms with E-state index < -0.39 is 0 Å². The third-order valence-corrected chi connectivity index (χ3v) is 2.99. The summed E-state index contributed by atoms with van der Waals surface area (Å²) in [5.41, 5.74) is 2.31. The molecule has 0 aromatic carbocycles. The van der Waals surface area contributed by atoms with E-state index in [9.17, 15) is 4.79 Å². The van der Waals surface area contributed by atoms with Gasteiger partial charge >= 0.3 is 0 Å². The molecule has 2 rings (SSSR count). The van der Waals surface area contributed by atoms with Crippen molar-refractivity contribution in [2.24, 2.45) is 0 Å². The number of aryl methyl sites for hydroxylation is 1. The number of aromatic amines is 1. The van der Waals surface area contributed by atoms with Crippen LogP contribution in [-0.4, -0.2) is 15.8 Å². The lowest BCUT2D eigenvalue weighted by Gasteiger charge is -2.01. The first-order valence-electron chi connectivity index (χ1n) is 5.94. The molecule has 0 spiro atoms. The van der Waals surface area contributed by atoms with Crippen LogP contribution in [-0.2, 0) is 0 Å². The summed E-state index contributed by atoms with van der Waals surface area (Å²) in [6.45, 7) is 1.91. The number of fused-ring (bicyclic) bond motifs is 1. The van der Waals surface area contributed by atoms with Gasteiger partial charge in [-0.1, -0.05) is 6.08 Å². The van der Waals surface area contributed by atoms with Gasteiger partial charge in [0.1, 0.15) is 5.65 Å². The van der Waals surface area contributed by atoms with Crippen LogP contribution in [0.1, 0.15) is 24.1 Å². The molecule has 0 unspecified atom stereocenters. The number of rotatable bonds is 4. The molecular formula is C14H15ClN2O. The van der Waals surface area contributed by atoms with E-state index in [0.717, 1.165) is 29.5 Å². The molecule has 0 saturated heterocycles. The molecule has 0 atom stereocenters. The molecule has 4 heteroatoms. The first-order valence-corrected chi connectivity index (χ1v) is 6.47. The van der Waals surface area contributed by atoms with Gasteiger partial charge in [-0.3, -0.25) is 4.79 Å². The Morgan fingerprint density at radius 1 is 1.44 bits per heavy atom. The minimum Gasteiger partial charge on any atom is -0.307 e. The number of allylic oxidation sites excluding steroid dienone is 1. The molecule has 1 N–H and O–H groups in total. The monoisotopic (exact) mass is 262 g/mol. The zero-order valence-electron chi connectivity index (χ0n) is 10.2. The lowest BCUT2D eigenvalue weighted by molar-refractivity contribution is 0.970. The number of hydrogen-bond acceptors (Lipinski definition) is 2. The third-order valence-electron chi connectivity index (χ3n) is 2.72. The minimum absolute atomic E-state index is 0.115. The van der Waals surface area contributed by atoms with E-state index in [2.05, 4.69) is 9.97 Å². The van der Waals surface area contributed by atoms with Gasteiger partial charge in [-0.05, 0) is 43.5 Å². The second kappa shape index (κ2) is 5.83. The van der Waals surface area contributed by atoms with Gasteiger partial charge in [0.25, 0.3) is 0 Å². The molecule has 0 aliphatic carbocycles. The molecule has 0 aliphatic heterocycles. The van der Waals surface area contributed by atoms with Gasteiger partial charge in [0, 0.05) is 17.3 Å². The highest BCUT2D eigenvalue weighted by Crippen LogP contribution is 2.13. The van der Waals surface area contributed by atoms with Crippen LogP contribution in [0.25, 0.3) is 17.1 Å². The molecule has 0 fully saturated rings. The molecule has 0 amide bonds. The Bertz CT molecular complexity index is 631. The summed E-state index contributed by atoms with van der Waals surface area (Å²) >= 11 is 5.61. The van der Waals surface area contributed by atoms with Crippen molar-refractivity contribution in [2.75, 3.05) is 5.88 Å². The Morgan fingerprint density at radius 3 is 3.06 bits per heavy atom. The maximum Gasteiger partial charge on any atom is 0.249 e. The van der Waals surface area contributed by atoms with E-state index in [4.69, 9.17) is 11.6 Å². The maximum absolute atomic E-state index is 11.4. The van der Waals surface area contributed by atoms with E-state index in [1.54, 1.807) is 6.07 Å². The van der Waals surface area contributed by atoms with Crippen LogP contribution in [0.2, 0.25) is 0 Å². The highest BCUT2D eigenvalue weighted by molar-refractivity contribution is 6.17. The number of halogens is 1. The number of alkyl halides is 1. The van der Waals surface area contributed by atoms with Gasteiger partial charge in [0.05, 0.1) is 5.69 Å². The van der Waals surface area contributed by atoms with Gasteiger partial charge in [0.2, 0.25) is 5.56 Å². The van der Waals surface area contributed by atoms with Crippen molar-refractivity contribution in [2.45, 2.75) is 19.8 Å². The number of pyridine rings is 2. The van der Waals surface area contributed by atoms with Crippen molar-refractivity contribution >= 4 is 28.7 Å². The van der Waals surface area contributed by atoms with Gasteiger partial charge in [-0.2, -0.15) is 0 Å². The SMILES string of the molecule is Cc1cc(=O)[nH]c2nc(C=CCCCCl)ccc12. The van der Waals surface area contributed by atoms with Gasteiger partial charge in [-0.25, -0.2) is 4.98 Å². The predicted octanol–water partition coefficient (Wildman–Crippen LogP) is 3.26. The maximum atomic E-state index is 11.4. The summed E-state index contributed by atoms with van der Waals surface area (Å²) in [5.74, 6) is 0.669. The van der Waals surface area contributed by atoms with Crippen LogP contribution in [0.5, 0.6) is 0 Å². The molecule has 2 heterocycles. The van der Waals surface area contributed by atoms with E-state index in [-0.39, 0.29) is 5.56 Å². The van der Waals surface area contributed by atoms with Crippen LogP contribution in [0.4, 0.5) is 0 Å². The number of H-pyrrole nitrogens is 1. The number of unbranched alkanes of at least 4 members (excludes halogenated alkanes) is 1. The topological polar surface area (TPSA) is 45.8 Å². The van der Waals surface area contributed by atoms with Crippen molar-refractivity contribution in [3.8, 4) is 0 Å². The second-order valence-corrected chi connectivity index (χ2v) is 4.56. The van der Waals surface area contributed by atoms with E-state index >= 15 is 0 Å². The highest BCUT2D eigenvalue weighted by atomic mass is 35.5. The van der Waals surface area contributed by atoms with Crippen molar-refractivity contribution in [1.29, 1.82) is 0 Å². The van der Waals surface area contributed by atoms with Crippen LogP contribution >= 0.6 is 11.6 Å². The van der Waals surface area contributed by atoms with E-state index in [1.165, 1.54) is 0 Å². The predicted molar refractivity (Wildman–Crippen MR) is 76.1 cm³/mol. The van der Waals surface area contributed by atoms with Crippen molar-refractivity contribution < 1.29 is 0 Å². The largest absolute Gasteiger partial charge is 0.307 e. The minimum atomic E-state index is -0.115. The Hall–Kier alpha value is -1.61. The number of nitrogens with zero attached hydrogens (tertiary/aromatic N) is 1. The third kappa shape index (κ3) is 2.99. The Kier molecular flexibility index (Phi) is 4.15. The lowest BCUT2D eigenvalue weighted by atomic mass is 10.1. The Balaban J connectivity index is 2.32. The summed E-state index contributed by atoms with van der Waals surface area (Å²) in [4.78, 5) is 18.6. The lowest BCUT2D eigenvalue weighted by Crippen LogP contribution is -2.06. The zero-order chi connectivity index (χ0) is 13.0. The molecule has 2 aromatic rings. The summed E-state index contributed by atoms with van der Waals surface area (Å²) < 4.78 is 0. The van der Waals surface area contributed by atoms with Crippen molar-refractivity contribution in [1.82, 2.24) is 9.97 Å². The number of nitrogens with one attached hydrogen (secondary N) is 1. The molecule has 18 heavy (non-hydrogen) atoms. The van der Waals surface area contributed by atoms with Gasteiger partial charge < -0.3 is 4.98 Å². The Morgan fingerprint density at radius 2 is 2.28 bits per heavy atom. The molecule has 2 aromatic heterocycles. The molecule has 0 bridgehead atoms. The van der Waals surface area contributed by atoms with Gasteiger partial charge in [-0.15, -0.1) is 11.6 Å². The number of aromatic nitrogens is 2. The fourth-order valence-corrected chi connectivity index (χ4v) is 1.96. The van der Waals surface area contributed by atoms with E-state index in [0.29, 0.717) is 11.5 Å². The molecule has 0 aliphatic rings. The van der Waals surface area contributed by atoms with Crippen LogP contribution in [0, 0.1) is 6.92 Å². The second-order valence-electron chi connectivity index (χ2n) is 4.18. The fourth-order valence-electron chi connectivity index (χ4n) is 1.81. The van der Waals surface area contributed by atoms with Crippen LogP contribution in [0.15, 0.2) is 29.1 Å². The Labute approximate surface area is 111 Å². The molecule has 3 nitrogen and oxygen atoms in total. The first-order chi connectivity index (χ1) is 8.70. The molecule has 0 saturated carbocycles. The van der Waals surface area contributed by atoms with Crippen molar-refractivity contribution in [3.05, 3.63) is 45.9 Å². The first kappa shape index (κ1) is 12.8. The highest BCUT2D eigenvalue weighted by Gasteiger charge is 2.00. The average Bonchev–Trinajstić information content (AvgIpc) is 2.34. The smallest absolute Gasteiger partial charge is 0.249 e. The summed E-state index contributed by atoms with van der Waals surface area (Å²) in [6, 6.07) is 5.51. The quantitative estimate of drug-likeness (QED) is 0.679. The average molecular weight is 263 g/mol. The standard InChI is InChI=1S/C14H15ClN2O/c1-10-9-13(18)17-14-12(10)7-6-11(16-14)5-3-2-4-8-15/h3,5-7,9H,2,4,8H2,1H3,(H,16,17,18). The van der Waals surface area contributed by atoms with Gasteiger partial charge in [0.15, 0.2) is 0 Å². The fraction of sp³-hybridized carbons (Fsp3) is 0.286. The summed E-state index contributed by atoms with van der Waals surface area (Å²) in [6.07, 6.45) is 5.90. The summed E-state index contributed by atoms with van der Waals surface area (Å²) in [5, 5.41) is 0.979. The normalized spacial score (nSPS) is 11.4.